The maximum atomic E-state index is 13.4. The van der Waals surface area contributed by atoms with E-state index in [4.69, 9.17) is 9.84 Å². The third-order valence-corrected chi connectivity index (χ3v) is 2.17. The van der Waals surface area contributed by atoms with Crippen LogP contribution in [-0.2, 0) is 0 Å². The van der Waals surface area contributed by atoms with Crippen LogP contribution in [0.15, 0.2) is 28.8 Å². The summed E-state index contributed by atoms with van der Waals surface area (Å²) in [5.41, 5.74) is 0.544. The van der Waals surface area contributed by atoms with E-state index >= 15 is 0 Å². The van der Waals surface area contributed by atoms with E-state index in [1.807, 2.05) is 0 Å². The van der Waals surface area contributed by atoms with Crippen molar-refractivity contribution in [2.45, 2.75) is 0 Å². The number of para-hydroxylation sites is 1. The van der Waals surface area contributed by atoms with Crippen LogP contribution in [0.5, 0.6) is 5.75 Å². The molecule has 2 rings (SSSR count). The SMILES string of the molecule is COc1c(F)cccc1-c1cc(C(=O)O)on1. The smallest absolute Gasteiger partial charge is 0.374 e. The zero-order chi connectivity index (χ0) is 12.4. The van der Waals surface area contributed by atoms with Crippen molar-refractivity contribution in [3.05, 3.63) is 35.8 Å². The van der Waals surface area contributed by atoms with Crippen LogP contribution in [0.1, 0.15) is 10.6 Å². The molecular formula is C11H8FNO4. The molecule has 2 aromatic rings. The number of benzene rings is 1. The Bertz CT molecular complexity index is 564. The average molecular weight is 237 g/mol. The first-order chi connectivity index (χ1) is 8.13. The summed E-state index contributed by atoms with van der Waals surface area (Å²) in [6.07, 6.45) is 0. The van der Waals surface area contributed by atoms with Crippen molar-refractivity contribution in [1.29, 1.82) is 0 Å². The van der Waals surface area contributed by atoms with Crippen molar-refractivity contribution in [3.8, 4) is 17.0 Å². The predicted octanol–water partition coefficient (Wildman–Crippen LogP) is 2.19. The van der Waals surface area contributed by atoms with Crippen LogP contribution in [-0.4, -0.2) is 23.3 Å². The number of aromatic nitrogens is 1. The number of halogens is 1. The normalized spacial score (nSPS) is 10.2. The van der Waals surface area contributed by atoms with E-state index in [-0.39, 0.29) is 17.2 Å². The largest absolute Gasteiger partial charge is 0.493 e. The van der Waals surface area contributed by atoms with Gasteiger partial charge in [-0.25, -0.2) is 9.18 Å². The monoisotopic (exact) mass is 237 g/mol. The van der Waals surface area contributed by atoms with E-state index < -0.39 is 11.8 Å². The first-order valence-electron chi connectivity index (χ1n) is 4.66. The van der Waals surface area contributed by atoms with Crippen molar-refractivity contribution in [2.24, 2.45) is 0 Å². The Morgan fingerprint density at radius 1 is 1.53 bits per heavy atom. The third kappa shape index (κ3) is 1.96. The molecular weight excluding hydrogens is 229 g/mol. The molecule has 1 heterocycles. The maximum absolute atomic E-state index is 13.4. The number of carboxylic acids is 1. The number of aromatic carboxylic acids is 1. The number of carbonyl (C=O) groups is 1. The number of hydrogen-bond acceptors (Lipinski definition) is 4. The summed E-state index contributed by atoms with van der Waals surface area (Å²) in [5, 5.41) is 12.2. The quantitative estimate of drug-likeness (QED) is 0.885. The minimum Gasteiger partial charge on any atom is -0.493 e. The summed E-state index contributed by atoms with van der Waals surface area (Å²) in [5.74, 6) is -2.10. The fraction of sp³-hybridized carbons (Fsp3) is 0.0909. The zero-order valence-corrected chi connectivity index (χ0v) is 8.81. The molecule has 0 aliphatic rings. The number of nitrogens with zero attached hydrogens (tertiary/aromatic N) is 1. The summed E-state index contributed by atoms with van der Waals surface area (Å²) in [6, 6.07) is 5.48. The van der Waals surface area contributed by atoms with Gasteiger partial charge < -0.3 is 14.4 Å². The maximum Gasteiger partial charge on any atom is 0.374 e. The molecule has 0 spiro atoms. The first kappa shape index (κ1) is 11.1. The molecule has 0 fully saturated rings. The van der Waals surface area contributed by atoms with E-state index in [1.165, 1.54) is 25.3 Å². The van der Waals surface area contributed by atoms with Gasteiger partial charge in [-0.2, -0.15) is 0 Å². The summed E-state index contributed by atoms with van der Waals surface area (Å²) >= 11 is 0. The van der Waals surface area contributed by atoms with Crippen LogP contribution < -0.4 is 4.74 Å². The van der Waals surface area contributed by atoms with Crippen molar-refractivity contribution in [1.82, 2.24) is 5.16 Å². The topological polar surface area (TPSA) is 72.6 Å². The lowest BCUT2D eigenvalue weighted by atomic mass is 10.1. The lowest BCUT2D eigenvalue weighted by molar-refractivity contribution is 0.0652. The fourth-order valence-electron chi connectivity index (χ4n) is 1.42. The minimum atomic E-state index is -1.24. The molecule has 0 amide bonds. The molecule has 1 N–H and O–H groups in total. The number of hydrogen-bond donors (Lipinski definition) is 1. The highest BCUT2D eigenvalue weighted by Crippen LogP contribution is 2.31. The zero-order valence-electron chi connectivity index (χ0n) is 8.81. The highest BCUT2D eigenvalue weighted by Gasteiger charge is 2.17. The second-order valence-corrected chi connectivity index (χ2v) is 3.20. The van der Waals surface area contributed by atoms with Crippen LogP contribution in [0.3, 0.4) is 0 Å². The second kappa shape index (κ2) is 4.25. The van der Waals surface area contributed by atoms with Crippen LogP contribution in [0.4, 0.5) is 4.39 Å². The third-order valence-electron chi connectivity index (χ3n) is 2.17. The molecule has 17 heavy (non-hydrogen) atoms. The van der Waals surface area contributed by atoms with E-state index in [0.717, 1.165) is 0 Å². The van der Waals surface area contributed by atoms with Crippen molar-refractivity contribution < 1.29 is 23.6 Å². The molecule has 0 radical (unpaired) electrons. The van der Waals surface area contributed by atoms with Gasteiger partial charge in [0.05, 0.1) is 7.11 Å². The molecule has 5 nitrogen and oxygen atoms in total. The van der Waals surface area contributed by atoms with E-state index in [2.05, 4.69) is 9.68 Å². The summed E-state index contributed by atoms with van der Waals surface area (Å²) in [4.78, 5) is 10.6. The molecule has 0 saturated heterocycles. The Kier molecular flexibility index (Phi) is 2.78. The molecule has 0 atom stereocenters. The molecule has 6 heteroatoms. The Morgan fingerprint density at radius 2 is 2.29 bits per heavy atom. The highest BCUT2D eigenvalue weighted by molar-refractivity contribution is 5.86. The van der Waals surface area contributed by atoms with Gasteiger partial charge in [0.2, 0.25) is 5.76 Å². The van der Waals surface area contributed by atoms with Crippen LogP contribution >= 0.6 is 0 Å². The van der Waals surface area contributed by atoms with Crippen molar-refractivity contribution in [2.75, 3.05) is 7.11 Å². The minimum absolute atomic E-state index is 0.00209. The number of ether oxygens (including phenoxy) is 1. The fourth-order valence-corrected chi connectivity index (χ4v) is 1.42. The predicted molar refractivity (Wildman–Crippen MR) is 55.4 cm³/mol. The van der Waals surface area contributed by atoms with E-state index in [9.17, 15) is 9.18 Å². The second-order valence-electron chi connectivity index (χ2n) is 3.20. The standard InChI is InChI=1S/C11H8FNO4/c1-16-10-6(3-2-4-7(10)12)8-5-9(11(14)15)17-13-8/h2-5H,1H3,(H,14,15). The highest BCUT2D eigenvalue weighted by atomic mass is 19.1. The van der Waals surface area contributed by atoms with Gasteiger partial charge in [0.1, 0.15) is 5.69 Å². The molecule has 88 valence electrons. The van der Waals surface area contributed by atoms with Crippen LogP contribution in [0.2, 0.25) is 0 Å². The van der Waals surface area contributed by atoms with Gasteiger partial charge in [0, 0.05) is 11.6 Å². The molecule has 0 aliphatic carbocycles. The molecule has 1 aromatic heterocycles. The van der Waals surface area contributed by atoms with Crippen molar-refractivity contribution >= 4 is 5.97 Å². The number of rotatable bonds is 3. The molecule has 0 saturated carbocycles. The van der Waals surface area contributed by atoms with Crippen molar-refractivity contribution in [3.63, 3.8) is 0 Å². The summed E-state index contributed by atoms with van der Waals surface area (Å²) in [7, 11) is 1.32. The lowest BCUT2D eigenvalue weighted by Crippen LogP contribution is -1.92. The summed E-state index contributed by atoms with van der Waals surface area (Å²) in [6.45, 7) is 0. The Labute approximate surface area is 95.4 Å². The van der Waals surface area contributed by atoms with Gasteiger partial charge >= 0.3 is 5.97 Å². The lowest BCUT2D eigenvalue weighted by Gasteiger charge is -2.05. The molecule has 1 aromatic carbocycles. The number of methoxy groups -OCH3 is 1. The van der Waals surface area contributed by atoms with Gasteiger partial charge in [-0.1, -0.05) is 11.2 Å². The molecule has 0 aliphatic heterocycles. The number of carboxylic acid groups (broad SMARTS) is 1. The molecule has 0 unspecified atom stereocenters. The Balaban J connectivity index is 2.52. The van der Waals surface area contributed by atoms with Gasteiger partial charge in [-0.3, -0.25) is 0 Å². The van der Waals surface area contributed by atoms with Gasteiger partial charge in [0.15, 0.2) is 11.6 Å². The Hall–Kier alpha value is -2.37. The van der Waals surface area contributed by atoms with Gasteiger partial charge in [-0.05, 0) is 12.1 Å². The first-order valence-corrected chi connectivity index (χ1v) is 4.66. The van der Waals surface area contributed by atoms with E-state index in [1.54, 1.807) is 6.07 Å². The van der Waals surface area contributed by atoms with Crippen LogP contribution in [0, 0.1) is 5.82 Å². The Morgan fingerprint density at radius 3 is 2.88 bits per heavy atom. The van der Waals surface area contributed by atoms with Crippen LogP contribution in [0.25, 0.3) is 11.3 Å². The van der Waals surface area contributed by atoms with Gasteiger partial charge in [0.25, 0.3) is 0 Å². The van der Waals surface area contributed by atoms with E-state index in [0.29, 0.717) is 5.56 Å². The molecule has 0 bridgehead atoms. The van der Waals surface area contributed by atoms with Gasteiger partial charge in [-0.15, -0.1) is 0 Å². The summed E-state index contributed by atoms with van der Waals surface area (Å²) < 4.78 is 22.9. The average Bonchev–Trinajstić information content (AvgIpc) is 2.77.